The molecule has 0 aromatic heterocycles. The SMILES string of the molecule is CC(C)Oc1ccc(NC(=O)C[C@@H]2CCS(=O)(=O)C2)cc1. The van der Waals surface area contributed by atoms with Gasteiger partial charge in [0.25, 0.3) is 0 Å². The zero-order valence-corrected chi connectivity index (χ0v) is 13.2. The van der Waals surface area contributed by atoms with Crippen LogP contribution < -0.4 is 10.1 Å². The summed E-state index contributed by atoms with van der Waals surface area (Å²) in [6.45, 7) is 3.90. The Morgan fingerprint density at radius 3 is 2.52 bits per heavy atom. The highest BCUT2D eigenvalue weighted by Crippen LogP contribution is 2.22. The lowest BCUT2D eigenvalue weighted by atomic mass is 10.1. The van der Waals surface area contributed by atoms with E-state index in [2.05, 4.69) is 5.32 Å². The number of hydrogen-bond acceptors (Lipinski definition) is 4. The van der Waals surface area contributed by atoms with Crippen molar-refractivity contribution >= 4 is 21.4 Å². The molecule has 0 aliphatic carbocycles. The summed E-state index contributed by atoms with van der Waals surface area (Å²) in [5, 5.41) is 2.79. The van der Waals surface area contributed by atoms with Crippen molar-refractivity contribution < 1.29 is 17.9 Å². The van der Waals surface area contributed by atoms with Crippen LogP contribution in [0.5, 0.6) is 5.75 Å². The molecule has 0 saturated carbocycles. The predicted octanol–water partition coefficient (Wildman–Crippen LogP) is 2.24. The molecule has 1 amide bonds. The third-order valence-electron chi connectivity index (χ3n) is 3.31. The summed E-state index contributed by atoms with van der Waals surface area (Å²) in [5.41, 5.74) is 0.692. The van der Waals surface area contributed by atoms with Crippen LogP contribution >= 0.6 is 0 Å². The van der Waals surface area contributed by atoms with Crippen LogP contribution in [0.25, 0.3) is 0 Å². The monoisotopic (exact) mass is 311 g/mol. The highest BCUT2D eigenvalue weighted by molar-refractivity contribution is 7.91. The number of hydrogen-bond donors (Lipinski definition) is 1. The minimum atomic E-state index is -2.93. The summed E-state index contributed by atoms with van der Waals surface area (Å²) in [4.78, 5) is 11.9. The predicted molar refractivity (Wildman–Crippen MR) is 82.2 cm³/mol. The number of rotatable bonds is 5. The molecule has 1 atom stereocenters. The van der Waals surface area contributed by atoms with E-state index in [-0.39, 0.29) is 35.9 Å². The van der Waals surface area contributed by atoms with E-state index in [1.807, 2.05) is 13.8 Å². The normalized spacial score (nSPS) is 20.4. The fourth-order valence-electron chi connectivity index (χ4n) is 2.40. The molecule has 6 heteroatoms. The van der Waals surface area contributed by atoms with Crippen LogP contribution in [0.2, 0.25) is 0 Å². The smallest absolute Gasteiger partial charge is 0.224 e. The Morgan fingerprint density at radius 2 is 2.00 bits per heavy atom. The number of carbonyl (C=O) groups is 1. The van der Waals surface area contributed by atoms with Gasteiger partial charge < -0.3 is 10.1 Å². The number of nitrogens with one attached hydrogen (secondary N) is 1. The van der Waals surface area contributed by atoms with Gasteiger partial charge in [-0.1, -0.05) is 0 Å². The first kappa shape index (κ1) is 15.8. The first-order valence-electron chi connectivity index (χ1n) is 7.11. The molecule has 2 rings (SSSR count). The molecule has 1 saturated heterocycles. The third kappa shape index (κ3) is 5.04. The van der Waals surface area contributed by atoms with Gasteiger partial charge in [-0.15, -0.1) is 0 Å². The fourth-order valence-corrected chi connectivity index (χ4v) is 4.26. The van der Waals surface area contributed by atoms with E-state index in [0.717, 1.165) is 5.75 Å². The number of anilines is 1. The third-order valence-corrected chi connectivity index (χ3v) is 5.15. The van der Waals surface area contributed by atoms with Crippen molar-refractivity contribution in [3.05, 3.63) is 24.3 Å². The maximum Gasteiger partial charge on any atom is 0.224 e. The van der Waals surface area contributed by atoms with Crippen molar-refractivity contribution in [3.63, 3.8) is 0 Å². The summed E-state index contributed by atoms with van der Waals surface area (Å²) < 4.78 is 28.2. The van der Waals surface area contributed by atoms with Gasteiger partial charge >= 0.3 is 0 Å². The molecule has 116 valence electrons. The minimum absolute atomic E-state index is 0.0569. The average Bonchev–Trinajstić information content (AvgIpc) is 2.70. The van der Waals surface area contributed by atoms with Crippen molar-refractivity contribution in [2.24, 2.45) is 5.92 Å². The largest absolute Gasteiger partial charge is 0.491 e. The number of ether oxygens (including phenoxy) is 1. The Hall–Kier alpha value is -1.56. The average molecular weight is 311 g/mol. The molecule has 5 nitrogen and oxygen atoms in total. The summed E-state index contributed by atoms with van der Waals surface area (Å²) in [6, 6.07) is 7.16. The quantitative estimate of drug-likeness (QED) is 0.905. The maximum absolute atomic E-state index is 11.9. The second kappa shape index (κ2) is 6.47. The van der Waals surface area contributed by atoms with E-state index in [0.29, 0.717) is 12.1 Å². The van der Waals surface area contributed by atoms with Crippen LogP contribution in [-0.2, 0) is 14.6 Å². The van der Waals surface area contributed by atoms with Gasteiger partial charge in [-0.05, 0) is 50.5 Å². The second-order valence-electron chi connectivity index (χ2n) is 5.71. The molecule has 1 aromatic carbocycles. The van der Waals surface area contributed by atoms with Gasteiger partial charge in [0, 0.05) is 12.1 Å². The Kier molecular flexibility index (Phi) is 4.88. The first-order valence-corrected chi connectivity index (χ1v) is 8.93. The van der Waals surface area contributed by atoms with Crippen LogP contribution in [0.15, 0.2) is 24.3 Å². The number of amides is 1. The van der Waals surface area contributed by atoms with Crippen LogP contribution in [0, 0.1) is 5.92 Å². The van der Waals surface area contributed by atoms with E-state index in [4.69, 9.17) is 4.74 Å². The van der Waals surface area contributed by atoms with Crippen molar-refractivity contribution in [2.75, 3.05) is 16.8 Å². The molecule has 1 aliphatic rings. The molecular weight excluding hydrogens is 290 g/mol. The van der Waals surface area contributed by atoms with Gasteiger partial charge in [-0.25, -0.2) is 8.42 Å². The number of benzene rings is 1. The molecule has 1 aliphatic heterocycles. The van der Waals surface area contributed by atoms with E-state index < -0.39 is 9.84 Å². The number of sulfone groups is 1. The van der Waals surface area contributed by atoms with E-state index in [9.17, 15) is 13.2 Å². The molecule has 0 bridgehead atoms. The van der Waals surface area contributed by atoms with Crippen LogP contribution in [-0.4, -0.2) is 31.9 Å². The maximum atomic E-state index is 11.9. The lowest BCUT2D eigenvalue weighted by Crippen LogP contribution is -2.17. The van der Waals surface area contributed by atoms with Gasteiger partial charge in [-0.2, -0.15) is 0 Å². The molecule has 1 fully saturated rings. The molecule has 0 unspecified atom stereocenters. The Labute approximate surface area is 125 Å². The zero-order valence-electron chi connectivity index (χ0n) is 12.3. The van der Waals surface area contributed by atoms with Crippen LogP contribution in [0.3, 0.4) is 0 Å². The van der Waals surface area contributed by atoms with E-state index in [1.165, 1.54) is 0 Å². The molecular formula is C15H21NO4S. The summed E-state index contributed by atoms with van der Waals surface area (Å²) in [7, 11) is -2.93. The van der Waals surface area contributed by atoms with Crippen molar-refractivity contribution in [2.45, 2.75) is 32.8 Å². The molecule has 1 aromatic rings. The standard InChI is InChI=1S/C15H21NO4S/c1-11(2)20-14-5-3-13(4-6-14)16-15(17)9-12-7-8-21(18,19)10-12/h3-6,11-12H,7-10H2,1-2H3,(H,16,17)/t12-/m0/s1. The van der Waals surface area contributed by atoms with Crippen molar-refractivity contribution in [1.82, 2.24) is 0 Å². The summed E-state index contributed by atoms with van der Waals surface area (Å²) >= 11 is 0. The minimum Gasteiger partial charge on any atom is -0.491 e. The Balaban J connectivity index is 1.85. The van der Waals surface area contributed by atoms with Crippen LogP contribution in [0.4, 0.5) is 5.69 Å². The fraction of sp³-hybridized carbons (Fsp3) is 0.533. The lowest BCUT2D eigenvalue weighted by Gasteiger charge is -2.11. The van der Waals surface area contributed by atoms with Gasteiger partial charge in [0.15, 0.2) is 9.84 Å². The molecule has 21 heavy (non-hydrogen) atoms. The highest BCUT2D eigenvalue weighted by atomic mass is 32.2. The second-order valence-corrected chi connectivity index (χ2v) is 7.94. The number of carbonyl (C=O) groups excluding carboxylic acids is 1. The Morgan fingerprint density at radius 1 is 1.33 bits per heavy atom. The molecule has 0 spiro atoms. The van der Waals surface area contributed by atoms with Crippen molar-refractivity contribution in [1.29, 1.82) is 0 Å². The summed E-state index contributed by atoms with van der Waals surface area (Å²) in [5.74, 6) is 0.881. The lowest BCUT2D eigenvalue weighted by molar-refractivity contribution is -0.116. The first-order chi connectivity index (χ1) is 9.84. The van der Waals surface area contributed by atoms with Gasteiger partial charge in [0.2, 0.25) is 5.91 Å². The van der Waals surface area contributed by atoms with E-state index >= 15 is 0 Å². The Bertz CT molecular complexity index is 593. The highest BCUT2D eigenvalue weighted by Gasteiger charge is 2.29. The van der Waals surface area contributed by atoms with E-state index in [1.54, 1.807) is 24.3 Å². The summed E-state index contributed by atoms with van der Waals surface area (Å²) in [6.07, 6.45) is 0.940. The molecule has 1 heterocycles. The molecule has 1 N–H and O–H groups in total. The van der Waals surface area contributed by atoms with Gasteiger partial charge in [-0.3, -0.25) is 4.79 Å². The van der Waals surface area contributed by atoms with Crippen LogP contribution in [0.1, 0.15) is 26.7 Å². The van der Waals surface area contributed by atoms with Crippen molar-refractivity contribution in [3.8, 4) is 5.75 Å². The van der Waals surface area contributed by atoms with Gasteiger partial charge in [0.05, 0.1) is 17.6 Å². The molecule has 0 radical (unpaired) electrons. The van der Waals surface area contributed by atoms with Gasteiger partial charge in [0.1, 0.15) is 5.75 Å². The zero-order chi connectivity index (χ0) is 15.5. The topological polar surface area (TPSA) is 72.5 Å².